The van der Waals surface area contributed by atoms with Crippen LogP contribution in [0.15, 0.2) is 35.2 Å². The molecule has 0 aliphatic carbocycles. The molecule has 0 saturated carbocycles. The largest absolute Gasteiger partial charge is 0.493 e. The Morgan fingerprint density at radius 2 is 1.29 bits per heavy atom. The average molecular weight is 638 g/mol. The van der Waals surface area contributed by atoms with Crippen molar-refractivity contribution in [1.82, 2.24) is 5.32 Å². The number of carbonyl (C=O) groups excluding carboxylic acids is 4. The van der Waals surface area contributed by atoms with Gasteiger partial charge in [0.25, 0.3) is 11.1 Å². The van der Waals surface area contributed by atoms with E-state index in [1.54, 1.807) is 6.07 Å². The van der Waals surface area contributed by atoms with E-state index in [2.05, 4.69) is 5.32 Å². The van der Waals surface area contributed by atoms with Gasteiger partial charge in [0.15, 0.2) is 34.5 Å². The maximum atomic E-state index is 14.1. The van der Waals surface area contributed by atoms with Crippen LogP contribution in [0.1, 0.15) is 26.3 Å². The van der Waals surface area contributed by atoms with E-state index in [9.17, 15) is 19.2 Å². The van der Waals surface area contributed by atoms with Crippen molar-refractivity contribution in [3.63, 3.8) is 0 Å². The summed E-state index contributed by atoms with van der Waals surface area (Å²) in [5.74, 6) is -1.15. The van der Waals surface area contributed by atoms with Crippen molar-refractivity contribution in [1.29, 1.82) is 0 Å². The van der Waals surface area contributed by atoms with Gasteiger partial charge in [-0.3, -0.25) is 14.9 Å². The SMILES string of the molecule is COC(=O)c1cc(OC)c2c(c1-c1c(C(=O)Oc3cc(/C=C4/SC(=O)NC4=O)ccc3OC)cc(OC)c3c1OCO3)OCO2. The van der Waals surface area contributed by atoms with Gasteiger partial charge in [-0.1, -0.05) is 6.07 Å². The highest BCUT2D eigenvalue weighted by molar-refractivity contribution is 8.18. The second kappa shape index (κ2) is 11.8. The lowest BCUT2D eigenvalue weighted by molar-refractivity contribution is -0.115. The fourth-order valence-corrected chi connectivity index (χ4v) is 5.58. The van der Waals surface area contributed by atoms with Crippen LogP contribution >= 0.6 is 11.8 Å². The predicted molar refractivity (Wildman–Crippen MR) is 156 cm³/mol. The lowest BCUT2D eigenvalue weighted by Crippen LogP contribution is -2.17. The summed E-state index contributed by atoms with van der Waals surface area (Å²) in [7, 11) is 5.37. The molecule has 0 atom stereocenters. The van der Waals surface area contributed by atoms with Gasteiger partial charge in [-0.2, -0.15) is 0 Å². The summed E-state index contributed by atoms with van der Waals surface area (Å²) in [5, 5.41) is 1.69. The number of thioether (sulfide) groups is 1. The fraction of sp³-hybridized carbons (Fsp3) is 0.200. The number of hydrogen-bond acceptors (Lipinski definition) is 14. The molecular weight excluding hydrogens is 614 g/mol. The third kappa shape index (κ3) is 5.16. The number of imide groups is 1. The maximum absolute atomic E-state index is 14.1. The lowest BCUT2D eigenvalue weighted by atomic mass is 9.91. The number of nitrogens with one attached hydrogen (secondary N) is 1. The second-order valence-corrected chi connectivity index (χ2v) is 10.3. The second-order valence-electron chi connectivity index (χ2n) is 9.28. The molecule has 2 amide bonds. The van der Waals surface area contributed by atoms with E-state index in [1.165, 1.54) is 58.8 Å². The van der Waals surface area contributed by atoms with E-state index in [0.717, 1.165) is 11.8 Å². The molecule has 14 nitrogen and oxygen atoms in total. The first-order valence-corrected chi connectivity index (χ1v) is 13.8. The molecule has 0 spiro atoms. The summed E-state index contributed by atoms with van der Waals surface area (Å²) >= 11 is 0.742. The average Bonchev–Trinajstić information content (AvgIpc) is 3.80. The molecule has 0 bridgehead atoms. The topological polar surface area (TPSA) is 163 Å². The minimum atomic E-state index is -0.910. The van der Waals surface area contributed by atoms with Crippen LogP contribution < -0.4 is 43.2 Å². The fourth-order valence-electron chi connectivity index (χ4n) is 4.90. The van der Waals surface area contributed by atoms with Gasteiger partial charge in [0.05, 0.1) is 44.5 Å². The Hall–Kier alpha value is -5.57. The first-order chi connectivity index (χ1) is 21.8. The Morgan fingerprint density at radius 1 is 0.733 bits per heavy atom. The number of ether oxygens (including phenoxy) is 9. The third-order valence-electron chi connectivity index (χ3n) is 6.86. The molecule has 15 heteroatoms. The Labute approximate surface area is 259 Å². The highest BCUT2D eigenvalue weighted by Crippen LogP contribution is 2.57. The Kier molecular flexibility index (Phi) is 7.76. The standard InChI is InChI=1S/C30H23NO13S/c1-36-16-6-5-13(8-20-27(32)31-30(35)45-20)7-17(16)44-29(34)15-10-19(38-3)24-26(43-12-41-24)22(15)21-14(28(33)39-4)9-18(37-2)23-25(21)42-11-40-23/h5-10H,11-12H2,1-4H3,(H,31,32,35)/b20-8+. The molecule has 3 aromatic rings. The van der Waals surface area contributed by atoms with E-state index >= 15 is 0 Å². The number of hydrogen-bond donors (Lipinski definition) is 1. The number of rotatable bonds is 8. The summed E-state index contributed by atoms with van der Waals surface area (Å²) in [6.07, 6.45) is 1.47. The summed E-state index contributed by atoms with van der Waals surface area (Å²) < 4.78 is 50.1. The van der Waals surface area contributed by atoms with Crippen LogP contribution in [-0.2, 0) is 9.53 Å². The van der Waals surface area contributed by atoms with Gasteiger partial charge >= 0.3 is 11.9 Å². The van der Waals surface area contributed by atoms with E-state index < -0.39 is 23.1 Å². The quantitative estimate of drug-likeness (QED) is 0.213. The molecule has 0 aromatic heterocycles. The molecule has 6 rings (SSSR count). The van der Waals surface area contributed by atoms with E-state index in [1.807, 2.05) is 0 Å². The van der Waals surface area contributed by atoms with Gasteiger partial charge in [0.2, 0.25) is 25.1 Å². The summed E-state index contributed by atoms with van der Waals surface area (Å²) in [4.78, 5) is 51.1. The number of esters is 2. The molecule has 3 heterocycles. The molecule has 3 aliphatic rings. The Morgan fingerprint density at radius 3 is 1.80 bits per heavy atom. The molecule has 45 heavy (non-hydrogen) atoms. The smallest absolute Gasteiger partial charge is 0.344 e. The monoisotopic (exact) mass is 637 g/mol. The van der Waals surface area contributed by atoms with Gasteiger partial charge in [0.1, 0.15) is 0 Å². The normalized spacial score (nSPS) is 15.2. The van der Waals surface area contributed by atoms with Crippen LogP contribution in [0.2, 0.25) is 0 Å². The van der Waals surface area contributed by atoms with Crippen LogP contribution in [0.25, 0.3) is 17.2 Å². The number of methoxy groups -OCH3 is 4. The zero-order valence-corrected chi connectivity index (χ0v) is 24.9. The molecule has 1 saturated heterocycles. The minimum absolute atomic E-state index is 0.0121. The Balaban J connectivity index is 1.52. The van der Waals surface area contributed by atoms with Gasteiger partial charge in [-0.05, 0) is 47.7 Å². The number of carbonyl (C=O) groups is 4. The first-order valence-electron chi connectivity index (χ1n) is 13.0. The van der Waals surface area contributed by atoms with Gasteiger partial charge in [-0.15, -0.1) is 0 Å². The maximum Gasteiger partial charge on any atom is 0.344 e. The van der Waals surface area contributed by atoms with Crippen molar-refractivity contribution >= 4 is 40.9 Å². The molecule has 0 unspecified atom stereocenters. The highest BCUT2D eigenvalue weighted by atomic mass is 32.2. The summed E-state index contributed by atoms with van der Waals surface area (Å²) in [5.41, 5.74) is 0.495. The number of amides is 2. The minimum Gasteiger partial charge on any atom is -0.493 e. The number of benzene rings is 3. The molecule has 1 N–H and O–H groups in total. The highest BCUT2D eigenvalue weighted by Gasteiger charge is 2.38. The Bertz CT molecular complexity index is 1820. The van der Waals surface area contributed by atoms with Crippen LogP contribution in [0.4, 0.5) is 4.79 Å². The van der Waals surface area contributed by atoms with Crippen LogP contribution in [0, 0.1) is 0 Å². The van der Waals surface area contributed by atoms with Crippen molar-refractivity contribution < 1.29 is 61.8 Å². The van der Waals surface area contributed by atoms with Gasteiger partial charge < -0.3 is 42.6 Å². The molecule has 232 valence electrons. The van der Waals surface area contributed by atoms with Crippen molar-refractivity contribution in [3.8, 4) is 57.1 Å². The molecule has 3 aliphatic heterocycles. The first kappa shape index (κ1) is 29.5. The summed E-state index contributed by atoms with van der Waals surface area (Å²) in [6.45, 7) is -0.403. The summed E-state index contributed by atoms with van der Waals surface area (Å²) in [6, 6.07) is 7.40. The van der Waals surface area contributed by atoms with Crippen molar-refractivity contribution in [2.45, 2.75) is 0 Å². The van der Waals surface area contributed by atoms with Crippen molar-refractivity contribution in [2.75, 3.05) is 42.0 Å². The lowest BCUT2D eigenvalue weighted by Gasteiger charge is -2.19. The van der Waals surface area contributed by atoms with Gasteiger partial charge in [-0.25, -0.2) is 9.59 Å². The van der Waals surface area contributed by atoms with Crippen molar-refractivity contribution in [2.24, 2.45) is 0 Å². The molecular formula is C30H23NO13S. The number of fused-ring (bicyclic) bond motifs is 2. The molecule has 3 aromatic carbocycles. The van der Waals surface area contributed by atoms with Crippen LogP contribution in [0.3, 0.4) is 0 Å². The zero-order valence-electron chi connectivity index (χ0n) is 24.1. The van der Waals surface area contributed by atoms with Crippen LogP contribution in [0.5, 0.6) is 46.0 Å². The van der Waals surface area contributed by atoms with E-state index in [0.29, 0.717) is 5.56 Å². The van der Waals surface area contributed by atoms with E-state index in [4.69, 9.17) is 42.6 Å². The molecule has 0 radical (unpaired) electrons. The predicted octanol–water partition coefficient (Wildman–Crippen LogP) is 4.17. The molecule has 1 fully saturated rings. The van der Waals surface area contributed by atoms with Crippen molar-refractivity contribution in [3.05, 3.63) is 51.9 Å². The van der Waals surface area contributed by atoms with Gasteiger partial charge in [0, 0.05) is 11.1 Å². The third-order valence-corrected chi connectivity index (χ3v) is 7.67. The van der Waals surface area contributed by atoms with Crippen LogP contribution in [-0.4, -0.2) is 65.1 Å². The van der Waals surface area contributed by atoms with E-state index in [-0.39, 0.29) is 86.7 Å². The zero-order chi connectivity index (χ0) is 31.8.